The molecule has 0 saturated carbocycles. The molecule has 0 aliphatic carbocycles. The van der Waals surface area contributed by atoms with E-state index in [2.05, 4.69) is 52.8 Å². The van der Waals surface area contributed by atoms with Crippen molar-refractivity contribution in [1.82, 2.24) is 15.0 Å². The van der Waals surface area contributed by atoms with Gasteiger partial charge in [0.1, 0.15) is 40.6 Å². The van der Waals surface area contributed by atoms with Gasteiger partial charge in [-0.2, -0.15) is 0 Å². The Hall–Kier alpha value is -1.19. The smallest absolute Gasteiger partial charge is 0.149 e. The zero-order chi connectivity index (χ0) is 25.6. The molecule has 190 valence electrons. The summed E-state index contributed by atoms with van der Waals surface area (Å²) in [7, 11) is 0. The van der Waals surface area contributed by atoms with Gasteiger partial charge in [0.05, 0.1) is 28.3 Å². The number of alkyl halides is 1. The first-order valence-corrected chi connectivity index (χ1v) is 13.6. The third-order valence-corrected chi connectivity index (χ3v) is 7.64. The molecule has 3 N–H and O–H groups in total. The first-order chi connectivity index (χ1) is 16.6. The maximum absolute atomic E-state index is 10.3. The van der Waals surface area contributed by atoms with E-state index in [1.807, 2.05) is 59.0 Å². The maximum atomic E-state index is 10.3. The number of hydrogen-bond acceptors (Lipinski definition) is 7. The van der Waals surface area contributed by atoms with E-state index in [-0.39, 0.29) is 37.7 Å². The van der Waals surface area contributed by atoms with Crippen LogP contribution in [0.4, 0.5) is 0 Å². The molecule has 35 heavy (non-hydrogen) atoms. The van der Waals surface area contributed by atoms with Crippen LogP contribution in [0.15, 0.2) is 42.5 Å². The Labute approximate surface area is 236 Å². The van der Waals surface area contributed by atoms with E-state index in [1.165, 1.54) is 4.68 Å². The second kappa shape index (κ2) is 12.9. The molecular weight excluding hydrogens is 700 g/mol. The number of nitrogens with zero attached hydrogens (tertiary/aromatic N) is 3. The van der Waals surface area contributed by atoms with Crippen molar-refractivity contribution < 1.29 is 24.8 Å². The van der Waals surface area contributed by atoms with Crippen LogP contribution in [0.25, 0.3) is 0 Å². The predicted octanol–water partition coefficient (Wildman–Crippen LogP) is 3.72. The number of benzene rings is 2. The lowest BCUT2D eigenvalue weighted by molar-refractivity contribution is 0.0866. The van der Waals surface area contributed by atoms with Gasteiger partial charge in [0.2, 0.25) is 0 Å². The van der Waals surface area contributed by atoms with Crippen LogP contribution in [0.2, 0.25) is 0 Å². The number of aliphatic hydroxyl groups is 3. The molecule has 0 bridgehead atoms. The van der Waals surface area contributed by atoms with Gasteiger partial charge in [-0.3, -0.25) is 0 Å². The van der Waals surface area contributed by atoms with Gasteiger partial charge in [-0.1, -0.05) is 37.3 Å². The summed E-state index contributed by atoms with van der Waals surface area (Å²) in [6.45, 7) is 4.52. The summed E-state index contributed by atoms with van der Waals surface area (Å²) >= 11 is 9.86. The topological polar surface area (TPSA) is 110 Å². The number of hydrogen-bond donors (Lipinski definition) is 3. The Morgan fingerprint density at radius 2 is 1.66 bits per heavy atom. The van der Waals surface area contributed by atoms with Crippen LogP contribution in [0, 0.1) is 7.27 Å². The molecule has 0 unspecified atom stereocenters. The zero-order valence-electron chi connectivity index (χ0n) is 19.4. The molecule has 3 aromatic rings. The Kier molecular flexibility index (Phi) is 10.4. The molecule has 0 saturated heterocycles. The summed E-state index contributed by atoms with van der Waals surface area (Å²) in [6.07, 6.45) is -1.50. The Morgan fingerprint density at radius 1 is 1.00 bits per heavy atom. The molecule has 2 atom stereocenters. The van der Waals surface area contributed by atoms with Crippen LogP contribution in [0.1, 0.15) is 30.7 Å². The van der Waals surface area contributed by atoms with Gasteiger partial charge in [0, 0.05) is 5.41 Å². The standard InChI is InChI=1S/C24H28ClI2N3O5/c1-24(2,16-5-8-22(20(26)9-16)35-13-17(32)10-25)15-3-6-19(7-4-15)34-14-18(33)11-30-21(12-31)23(27)28-29-30/h3-9,17-18,31-33H,10-14H2,1-2H3/t17-,18+/m1/s1. The van der Waals surface area contributed by atoms with Gasteiger partial charge in [-0.25, -0.2) is 4.68 Å². The SMILES string of the molecule is CC(C)(c1ccc(OC[C@@H](O)Cn2nnc(I)c2CO)cc1)c1ccc(OC[C@H](O)CCl)c(I)c1. The van der Waals surface area contributed by atoms with E-state index in [9.17, 15) is 15.3 Å². The van der Waals surface area contributed by atoms with Crippen molar-refractivity contribution in [1.29, 1.82) is 0 Å². The number of ether oxygens (including phenoxy) is 2. The van der Waals surface area contributed by atoms with Gasteiger partial charge in [-0.15, -0.1) is 16.7 Å². The van der Waals surface area contributed by atoms with Crippen molar-refractivity contribution in [3.8, 4) is 11.5 Å². The molecule has 0 aliphatic rings. The zero-order valence-corrected chi connectivity index (χ0v) is 24.4. The fourth-order valence-electron chi connectivity index (χ4n) is 3.42. The van der Waals surface area contributed by atoms with Crippen LogP contribution in [-0.4, -0.2) is 61.6 Å². The van der Waals surface area contributed by atoms with E-state index in [0.29, 0.717) is 20.9 Å². The Balaban J connectivity index is 1.61. The Bertz CT molecular complexity index is 1110. The first kappa shape index (κ1) is 28.4. The molecule has 0 spiro atoms. The van der Waals surface area contributed by atoms with Crippen molar-refractivity contribution in [2.24, 2.45) is 0 Å². The summed E-state index contributed by atoms with van der Waals surface area (Å²) in [5.74, 6) is 1.49. The molecular formula is C24H28ClI2N3O5. The summed E-state index contributed by atoms with van der Waals surface area (Å²) in [4.78, 5) is 0. The quantitative estimate of drug-likeness (QED) is 0.193. The van der Waals surface area contributed by atoms with Gasteiger partial charge >= 0.3 is 0 Å². The highest BCUT2D eigenvalue weighted by molar-refractivity contribution is 14.1. The van der Waals surface area contributed by atoms with E-state index in [4.69, 9.17) is 21.1 Å². The fraction of sp³-hybridized carbons (Fsp3) is 0.417. The summed E-state index contributed by atoms with van der Waals surface area (Å²) in [5.41, 5.74) is 2.53. The minimum atomic E-state index is -0.803. The average molecular weight is 728 g/mol. The van der Waals surface area contributed by atoms with Gasteiger partial charge < -0.3 is 24.8 Å². The first-order valence-electron chi connectivity index (χ1n) is 10.9. The number of aliphatic hydroxyl groups excluding tert-OH is 3. The van der Waals surface area contributed by atoms with Crippen molar-refractivity contribution in [2.45, 2.75) is 44.6 Å². The summed E-state index contributed by atoms with van der Waals surface area (Å²) < 4.78 is 14.5. The van der Waals surface area contributed by atoms with Crippen molar-refractivity contribution in [3.05, 3.63) is 66.6 Å². The third kappa shape index (κ3) is 7.41. The minimum absolute atomic E-state index is 0.0854. The van der Waals surface area contributed by atoms with E-state index >= 15 is 0 Å². The number of aromatic nitrogens is 3. The molecule has 8 nitrogen and oxygen atoms in total. The van der Waals surface area contributed by atoms with Gasteiger partial charge in [0.15, 0.2) is 0 Å². The average Bonchev–Trinajstić information content (AvgIpc) is 3.20. The molecule has 0 fully saturated rings. The minimum Gasteiger partial charge on any atom is -0.491 e. The van der Waals surface area contributed by atoms with E-state index in [0.717, 1.165) is 14.7 Å². The molecule has 0 radical (unpaired) electrons. The highest BCUT2D eigenvalue weighted by Crippen LogP contribution is 2.35. The normalized spacial score (nSPS) is 13.5. The lowest BCUT2D eigenvalue weighted by atomic mass is 9.78. The van der Waals surface area contributed by atoms with Gasteiger partial charge in [-0.05, 0) is 80.6 Å². The largest absolute Gasteiger partial charge is 0.491 e. The van der Waals surface area contributed by atoms with Crippen LogP contribution >= 0.6 is 56.8 Å². The molecule has 2 aromatic carbocycles. The van der Waals surface area contributed by atoms with Crippen molar-refractivity contribution in [2.75, 3.05) is 19.1 Å². The van der Waals surface area contributed by atoms with Crippen LogP contribution < -0.4 is 9.47 Å². The molecule has 1 aromatic heterocycles. The van der Waals surface area contributed by atoms with Crippen LogP contribution in [0.5, 0.6) is 11.5 Å². The van der Waals surface area contributed by atoms with E-state index < -0.39 is 12.2 Å². The fourth-order valence-corrected chi connectivity index (χ4v) is 4.73. The second-order valence-electron chi connectivity index (χ2n) is 8.55. The van der Waals surface area contributed by atoms with Crippen LogP contribution in [-0.2, 0) is 18.6 Å². The molecule has 0 aliphatic heterocycles. The highest BCUT2D eigenvalue weighted by Gasteiger charge is 2.24. The molecule has 3 rings (SSSR count). The predicted molar refractivity (Wildman–Crippen MR) is 150 cm³/mol. The number of halogens is 3. The molecule has 11 heteroatoms. The van der Waals surface area contributed by atoms with Crippen molar-refractivity contribution in [3.63, 3.8) is 0 Å². The number of rotatable bonds is 12. The van der Waals surface area contributed by atoms with Crippen LogP contribution in [0.3, 0.4) is 0 Å². The lowest BCUT2D eigenvalue weighted by Gasteiger charge is -2.27. The van der Waals surface area contributed by atoms with Crippen molar-refractivity contribution >= 4 is 56.8 Å². The van der Waals surface area contributed by atoms with Gasteiger partial charge in [0.25, 0.3) is 0 Å². The molecule has 1 heterocycles. The monoisotopic (exact) mass is 727 g/mol. The Morgan fingerprint density at radius 3 is 2.29 bits per heavy atom. The highest BCUT2D eigenvalue weighted by atomic mass is 127. The maximum Gasteiger partial charge on any atom is 0.149 e. The van der Waals surface area contributed by atoms with E-state index in [1.54, 1.807) is 0 Å². The lowest BCUT2D eigenvalue weighted by Crippen LogP contribution is -2.25. The third-order valence-electron chi connectivity index (χ3n) is 5.60. The second-order valence-corrected chi connectivity index (χ2v) is 11.0. The summed E-state index contributed by atoms with van der Waals surface area (Å²) in [6, 6.07) is 13.8. The molecule has 0 amide bonds. The summed E-state index contributed by atoms with van der Waals surface area (Å²) in [5, 5.41) is 37.2.